The van der Waals surface area contributed by atoms with E-state index in [-0.39, 0.29) is 30.6 Å². The molecule has 0 unspecified atom stereocenters. The number of carbonyl (C=O) groups excluding carboxylic acids is 2. The summed E-state index contributed by atoms with van der Waals surface area (Å²) in [5.74, 6) is -1.84. The maximum absolute atomic E-state index is 12.8. The number of nitrogens with two attached hydrogens (primary N) is 1. The van der Waals surface area contributed by atoms with Crippen molar-refractivity contribution in [2.45, 2.75) is 65.6 Å². The van der Waals surface area contributed by atoms with Crippen molar-refractivity contribution < 1.29 is 34.8 Å². The lowest BCUT2D eigenvalue weighted by Crippen LogP contribution is -2.34. The molecule has 0 aliphatic carbocycles. The number of ether oxygens (including phenoxy) is 1. The Bertz CT molecular complexity index is 1040. The van der Waals surface area contributed by atoms with Crippen LogP contribution in [-0.4, -0.2) is 57.8 Å². The van der Waals surface area contributed by atoms with Crippen LogP contribution >= 0.6 is 11.6 Å². The predicted molar refractivity (Wildman–Crippen MR) is 147 cm³/mol. The molecule has 9 nitrogen and oxygen atoms in total. The molecule has 7 N–H and O–H groups in total. The van der Waals surface area contributed by atoms with Crippen molar-refractivity contribution in [3.8, 4) is 5.75 Å². The van der Waals surface area contributed by atoms with E-state index in [1.54, 1.807) is 39.0 Å². The molecule has 10 heteroatoms. The Balaban J connectivity index is 2.52. The topological polar surface area (TPSA) is 162 Å². The Morgan fingerprint density at radius 1 is 1.18 bits per heavy atom. The number of rotatable bonds is 3. The van der Waals surface area contributed by atoms with Gasteiger partial charge in [-0.3, -0.25) is 4.79 Å². The second-order valence-electron chi connectivity index (χ2n) is 10.4. The molecule has 0 saturated carbocycles. The number of hydrogen-bond donors (Lipinski definition) is 6. The van der Waals surface area contributed by atoms with Crippen molar-refractivity contribution in [1.82, 2.24) is 0 Å². The fourth-order valence-electron chi connectivity index (χ4n) is 5.09. The molecule has 0 aromatic heterocycles. The van der Waals surface area contributed by atoms with Crippen molar-refractivity contribution in [2.75, 3.05) is 18.5 Å². The molecule has 212 valence electrons. The minimum absolute atomic E-state index is 0.0321. The summed E-state index contributed by atoms with van der Waals surface area (Å²) < 4.78 is 5.36. The van der Waals surface area contributed by atoms with E-state index in [0.717, 1.165) is 0 Å². The number of nitrogens with one attached hydrogen (secondary N) is 1. The highest BCUT2D eigenvalue weighted by atomic mass is 35.5. The first kappa shape index (κ1) is 31.6. The van der Waals surface area contributed by atoms with Crippen molar-refractivity contribution in [1.29, 1.82) is 0 Å². The van der Waals surface area contributed by atoms with Gasteiger partial charge < -0.3 is 36.2 Å². The number of primary amides is 1. The maximum atomic E-state index is 12.8. The molecule has 0 radical (unpaired) electrons. The minimum atomic E-state index is -0.983. The molecule has 0 fully saturated rings. The van der Waals surface area contributed by atoms with Gasteiger partial charge in [-0.1, -0.05) is 37.6 Å². The lowest BCUT2D eigenvalue weighted by atomic mass is 9.82. The highest BCUT2D eigenvalue weighted by Gasteiger charge is 2.29. The molecule has 1 aliphatic rings. The van der Waals surface area contributed by atoms with Gasteiger partial charge in [0.05, 0.1) is 16.8 Å². The summed E-state index contributed by atoms with van der Waals surface area (Å²) in [5, 5.41) is 44.6. The zero-order valence-corrected chi connectivity index (χ0v) is 23.2. The van der Waals surface area contributed by atoms with Crippen LogP contribution in [0.25, 0.3) is 0 Å². The zero-order chi connectivity index (χ0) is 28.6. The van der Waals surface area contributed by atoms with Crippen LogP contribution in [0.3, 0.4) is 0 Å². The van der Waals surface area contributed by atoms with Crippen molar-refractivity contribution in [3.05, 3.63) is 46.0 Å². The lowest BCUT2D eigenvalue weighted by molar-refractivity contribution is -0.112. The summed E-state index contributed by atoms with van der Waals surface area (Å²) in [6.07, 6.45) is 2.47. The Morgan fingerprint density at radius 3 is 2.45 bits per heavy atom. The fourth-order valence-corrected chi connectivity index (χ4v) is 5.33. The van der Waals surface area contributed by atoms with E-state index >= 15 is 0 Å². The number of aliphatic hydroxyl groups excluding tert-OH is 3. The largest absolute Gasteiger partial charge is 0.508 e. The van der Waals surface area contributed by atoms with Crippen molar-refractivity contribution in [3.63, 3.8) is 0 Å². The molecule has 6 atom stereocenters. The van der Waals surface area contributed by atoms with Crippen LogP contribution in [0.1, 0.15) is 52.5 Å². The first-order valence-corrected chi connectivity index (χ1v) is 13.3. The van der Waals surface area contributed by atoms with E-state index in [1.165, 1.54) is 6.07 Å². The number of anilines is 1. The Labute approximate surface area is 229 Å². The summed E-state index contributed by atoms with van der Waals surface area (Å²) in [6.45, 7) is 6.61. The van der Waals surface area contributed by atoms with E-state index in [1.807, 2.05) is 6.92 Å². The quantitative estimate of drug-likeness (QED) is 0.309. The highest BCUT2D eigenvalue weighted by molar-refractivity contribution is 6.34. The summed E-state index contributed by atoms with van der Waals surface area (Å²) in [7, 11) is 0. The van der Waals surface area contributed by atoms with E-state index in [0.29, 0.717) is 47.4 Å². The molecular formula is C28H41ClN2O7. The van der Waals surface area contributed by atoms with Gasteiger partial charge in [-0.15, -0.1) is 0 Å². The molecule has 38 heavy (non-hydrogen) atoms. The van der Waals surface area contributed by atoms with Crippen LogP contribution in [-0.2, 0) is 16.0 Å². The summed E-state index contributed by atoms with van der Waals surface area (Å²) in [5.41, 5.74) is 7.26. The average molecular weight is 553 g/mol. The first-order valence-electron chi connectivity index (χ1n) is 12.9. The number of allylic oxidation sites excluding steroid dienone is 1. The van der Waals surface area contributed by atoms with Gasteiger partial charge in [0, 0.05) is 42.6 Å². The van der Waals surface area contributed by atoms with Gasteiger partial charge in [-0.05, 0) is 62.7 Å². The standard InChI is InChI=1S/C28H41ClN2O7/c1-15-8-20-11-22(34)12-23(24(20)29)31-27(36)16(2)6-5-7-19(13-32)26(38-28(30)37)18(4)10-17(3)25(35)21(9-15)14-33/h6,10-12,15,17,19,21,25-26,32-35H,5,7-9,13-14H2,1-4H3,(H2,30,37)(H,31,36)/t15-,17+,19-,21-,25-,26+/m1/s1. The normalized spacial score (nSPS) is 28.2. The van der Waals surface area contributed by atoms with Gasteiger partial charge in [0.2, 0.25) is 0 Å². The van der Waals surface area contributed by atoms with E-state index < -0.39 is 42.0 Å². The predicted octanol–water partition coefficient (Wildman–Crippen LogP) is 3.92. The van der Waals surface area contributed by atoms with Crippen LogP contribution in [0.15, 0.2) is 35.4 Å². The van der Waals surface area contributed by atoms with Gasteiger partial charge in [-0.2, -0.15) is 0 Å². The van der Waals surface area contributed by atoms with Crippen molar-refractivity contribution >= 4 is 29.3 Å². The van der Waals surface area contributed by atoms with Gasteiger partial charge in [-0.25, -0.2) is 4.79 Å². The molecular weight excluding hydrogens is 512 g/mol. The Kier molecular flexibility index (Phi) is 12.1. The molecule has 1 aromatic rings. The van der Waals surface area contributed by atoms with Crippen LogP contribution in [0.4, 0.5) is 10.5 Å². The molecule has 0 spiro atoms. The van der Waals surface area contributed by atoms with Gasteiger partial charge >= 0.3 is 6.09 Å². The number of carbonyl (C=O) groups is 2. The van der Waals surface area contributed by atoms with E-state index in [4.69, 9.17) is 22.1 Å². The lowest BCUT2D eigenvalue weighted by Gasteiger charge is -2.30. The zero-order valence-electron chi connectivity index (χ0n) is 22.5. The third kappa shape index (κ3) is 8.73. The number of amides is 2. The van der Waals surface area contributed by atoms with E-state index in [9.17, 15) is 30.0 Å². The Morgan fingerprint density at radius 2 is 1.84 bits per heavy atom. The smallest absolute Gasteiger partial charge is 0.405 e. The molecule has 2 rings (SSSR count). The highest BCUT2D eigenvalue weighted by Crippen LogP contribution is 2.34. The monoisotopic (exact) mass is 552 g/mol. The van der Waals surface area contributed by atoms with E-state index in [2.05, 4.69) is 5.32 Å². The number of phenols is 1. The number of hydrogen-bond acceptors (Lipinski definition) is 7. The number of aliphatic hydroxyl groups is 3. The third-order valence-corrected chi connectivity index (χ3v) is 7.58. The van der Waals surface area contributed by atoms with Crippen LogP contribution in [0, 0.1) is 23.7 Å². The van der Waals surface area contributed by atoms with Crippen LogP contribution in [0.2, 0.25) is 5.02 Å². The minimum Gasteiger partial charge on any atom is -0.508 e. The molecule has 1 aliphatic heterocycles. The second-order valence-corrected chi connectivity index (χ2v) is 10.8. The van der Waals surface area contributed by atoms with Crippen LogP contribution < -0.4 is 11.1 Å². The summed E-state index contributed by atoms with van der Waals surface area (Å²) >= 11 is 6.59. The number of benzene rings is 1. The summed E-state index contributed by atoms with van der Waals surface area (Å²) in [4.78, 5) is 24.5. The molecule has 1 aromatic carbocycles. The maximum Gasteiger partial charge on any atom is 0.405 e. The summed E-state index contributed by atoms with van der Waals surface area (Å²) in [6, 6.07) is 2.93. The van der Waals surface area contributed by atoms with Gasteiger partial charge in [0.15, 0.2) is 0 Å². The number of phenolic OH excluding ortho intramolecular Hbond substituents is 1. The second kappa shape index (κ2) is 14.5. The van der Waals surface area contributed by atoms with Crippen molar-refractivity contribution in [2.24, 2.45) is 29.4 Å². The van der Waals surface area contributed by atoms with Gasteiger partial charge in [0.25, 0.3) is 5.91 Å². The van der Waals surface area contributed by atoms with Crippen LogP contribution in [0.5, 0.6) is 5.75 Å². The fraction of sp³-hybridized carbons (Fsp3) is 0.571. The average Bonchev–Trinajstić information content (AvgIpc) is 2.85. The SMILES string of the molecule is CC1=CCC[C@H](CO)[C@@H](OC(N)=O)C(C)=C[C@H](C)[C@@H](O)[C@@H](CO)C[C@H](C)Cc2cc(O)cc(c2Cl)NC1=O. The number of fused-ring (bicyclic) bond motifs is 2. The molecule has 2 amide bonds. The first-order chi connectivity index (χ1) is 17.9. The number of aromatic hydroxyl groups is 1. The molecule has 1 heterocycles. The Hall–Kier alpha value is -2.59. The molecule has 2 bridgehead atoms. The number of halogens is 1. The van der Waals surface area contributed by atoms with Gasteiger partial charge in [0.1, 0.15) is 11.9 Å². The molecule has 0 saturated heterocycles. The third-order valence-electron chi connectivity index (χ3n) is 7.14.